The molecule has 96 valence electrons. The Hall–Kier alpha value is -2.09. The first kappa shape index (κ1) is 14.0. The van der Waals surface area contributed by atoms with Crippen molar-refractivity contribution >= 4 is 11.7 Å². The molecule has 0 saturated carbocycles. The quantitative estimate of drug-likeness (QED) is 0.725. The Bertz CT molecular complexity index is 426. The molecule has 1 rings (SSSR count). The molecule has 0 aliphatic rings. The van der Waals surface area contributed by atoms with Gasteiger partial charge in [-0.2, -0.15) is 5.26 Å². The molecule has 0 atom stereocenters. The number of halogens is 1. The van der Waals surface area contributed by atoms with Crippen LogP contribution in [0.2, 0.25) is 0 Å². The topological polar surface area (TPSA) is 53.3 Å². The van der Waals surface area contributed by atoms with Gasteiger partial charge in [0.1, 0.15) is 12.4 Å². The van der Waals surface area contributed by atoms with Gasteiger partial charge in [-0.3, -0.25) is 4.79 Å². The normalized spacial score (nSPS) is 9.61. The predicted octanol–water partition coefficient (Wildman–Crippen LogP) is 2.11. The number of hydrogen-bond donors (Lipinski definition) is 0. The lowest BCUT2D eigenvalue weighted by atomic mass is 10.2. The van der Waals surface area contributed by atoms with Crippen LogP contribution >= 0.6 is 0 Å². The lowest BCUT2D eigenvalue weighted by molar-refractivity contribution is -0.141. The number of hydrogen-bond acceptors (Lipinski definition) is 4. The summed E-state index contributed by atoms with van der Waals surface area (Å²) in [7, 11) is 0. The molecule has 4 nitrogen and oxygen atoms in total. The van der Waals surface area contributed by atoms with E-state index >= 15 is 0 Å². The fourth-order valence-electron chi connectivity index (χ4n) is 1.50. The van der Waals surface area contributed by atoms with E-state index in [2.05, 4.69) is 0 Å². The Labute approximate surface area is 106 Å². The third-order valence-electron chi connectivity index (χ3n) is 2.31. The molecule has 0 unspecified atom stereocenters. The monoisotopic (exact) mass is 250 g/mol. The van der Waals surface area contributed by atoms with Gasteiger partial charge in [-0.15, -0.1) is 0 Å². The van der Waals surface area contributed by atoms with Crippen LogP contribution in [0.3, 0.4) is 0 Å². The molecule has 1 aromatic rings. The highest BCUT2D eigenvalue weighted by molar-refractivity contribution is 5.75. The molecule has 1 aromatic carbocycles. The highest BCUT2D eigenvalue weighted by Crippen LogP contribution is 2.15. The van der Waals surface area contributed by atoms with Crippen molar-refractivity contribution in [1.82, 2.24) is 0 Å². The summed E-state index contributed by atoms with van der Waals surface area (Å²) in [6.45, 7) is 2.51. The first-order valence-corrected chi connectivity index (χ1v) is 5.70. The highest BCUT2D eigenvalue weighted by Gasteiger charge is 2.12. The van der Waals surface area contributed by atoms with Crippen molar-refractivity contribution < 1.29 is 13.9 Å². The minimum absolute atomic E-state index is 0.0567. The van der Waals surface area contributed by atoms with E-state index in [0.717, 1.165) is 0 Å². The lowest BCUT2D eigenvalue weighted by Gasteiger charge is -2.22. The van der Waals surface area contributed by atoms with Crippen molar-refractivity contribution in [2.24, 2.45) is 0 Å². The molecule has 5 heteroatoms. The molecule has 0 aromatic heterocycles. The lowest BCUT2D eigenvalue weighted by Crippen LogP contribution is -2.31. The molecule has 0 aliphatic carbocycles. The molecule has 18 heavy (non-hydrogen) atoms. The largest absolute Gasteiger partial charge is 0.465 e. The summed E-state index contributed by atoms with van der Waals surface area (Å²) >= 11 is 0. The number of esters is 1. The first-order chi connectivity index (χ1) is 8.67. The maximum atomic E-state index is 12.8. The van der Waals surface area contributed by atoms with E-state index in [4.69, 9.17) is 10.00 Å². The maximum absolute atomic E-state index is 12.8. The Balaban J connectivity index is 2.74. The van der Waals surface area contributed by atoms with E-state index < -0.39 is 0 Å². The first-order valence-electron chi connectivity index (χ1n) is 5.70. The number of benzene rings is 1. The van der Waals surface area contributed by atoms with E-state index in [0.29, 0.717) is 18.8 Å². The predicted molar refractivity (Wildman–Crippen MR) is 65.5 cm³/mol. The number of nitriles is 1. The van der Waals surface area contributed by atoms with E-state index in [-0.39, 0.29) is 24.8 Å². The molecule has 0 N–H and O–H groups in total. The molecular formula is C13H15FN2O2. The molecule has 0 radical (unpaired) electrons. The molecule has 0 fully saturated rings. The average molecular weight is 250 g/mol. The Morgan fingerprint density at radius 2 is 2.11 bits per heavy atom. The number of carbonyl (C=O) groups is 1. The zero-order chi connectivity index (χ0) is 13.4. The van der Waals surface area contributed by atoms with Gasteiger partial charge in [0, 0.05) is 12.2 Å². The van der Waals surface area contributed by atoms with Crippen LogP contribution in [0.4, 0.5) is 10.1 Å². The van der Waals surface area contributed by atoms with Gasteiger partial charge in [0.15, 0.2) is 0 Å². The standard InChI is InChI=1S/C13H15FN2O2/c1-2-18-13(17)10-16(9-3-8-15)12-6-4-11(14)5-7-12/h4-7H,2-3,9-10H2,1H3. The fraction of sp³-hybridized carbons (Fsp3) is 0.385. The van der Waals surface area contributed by atoms with Crippen molar-refractivity contribution in [1.29, 1.82) is 5.26 Å². The summed E-state index contributed by atoms with van der Waals surface area (Å²) in [5.74, 6) is -0.699. The molecule has 0 bridgehead atoms. The van der Waals surface area contributed by atoms with E-state index in [1.807, 2.05) is 6.07 Å². The van der Waals surface area contributed by atoms with Gasteiger partial charge in [-0.25, -0.2) is 4.39 Å². The second-order valence-corrected chi connectivity index (χ2v) is 3.61. The van der Waals surface area contributed by atoms with E-state index in [1.165, 1.54) is 12.1 Å². The van der Waals surface area contributed by atoms with Gasteiger partial charge >= 0.3 is 5.97 Å². The van der Waals surface area contributed by atoms with Crippen molar-refractivity contribution in [3.8, 4) is 6.07 Å². The van der Waals surface area contributed by atoms with Crippen LogP contribution in [0.15, 0.2) is 24.3 Å². The van der Waals surface area contributed by atoms with Crippen molar-refractivity contribution in [2.45, 2.75) is 13.3 Å². The van der Waals surface area contributed by atoms with Gasteiger partial charge in [0.05, 0.1) is 19.1 Å². The maximum Gasteiger partial charge on any atom is 0.325 e. The number of rotatable bonds is 6. The zero-order valence-electron chi connectivity index (χ0n) is 10.2. The van der Waals surface area contributed by atoms with Crippen LogP contribution < -0.4 is 4.90 Å². The molecule has 0 heterocycles. The van der Waals surface area contributed by atoms with Crippen LogP contribution in [0.25, 0.3) is 0 Å². The minimum Gasteiger partial charge on any atom is -0.465 e. The highest BCUT2D eigenvalue weighted by atomic mass is 19.1. The Morgan fingerprint density at radius 1 is 1.44 bits per heavy atom. The zero-order valence-corrected chi connectivity index (χ0v) is 10.2. The van der Waals surface area contributed by atoms with Crippen LogP contribution in [0.5, 0.6) is 0 Å². The van der Waals surface area contributed by atoms with Crippen molar-refractivity contribution in [3.63, 3.8) is 0 Å². The van der Waals surface area contributed by atoms with Crippen LogP contribution in [-0.2, 0) is 9.53 Å². The second kappa shape index (κ2) is 7.28. The summed E-state index contributed by atoms with van der Waals surface area (Å²) in [5.41, 5.74) is 0.694. The van der Waals surface area contributed by atoms with Crippen molar-refractivity contribution in [3.05, 3.63) is 30.1 Å². The fourth-order valence-corrected chi connectivity index (χ4v) is 1.50. The Morgan fingerprint density at radius 3 is 2.67 bits per heavy atom. The smallest absolute Gasteiger partial charge is 0.325 e. The summed E-state index contributed by atoms with van der Waals surface area (Å²) in [6, 6.07) is 7.81. The Kier molecular flexibility index (Phi) is 5.65. The SMILES string of the molecule is CCOC(=O)CN(CCC#N)c1ccc(F)cc1. The molecule has 0 saturated heterocycles. The number of carbonyl (C=O) groups excluding carboxylic acids is 1. The van der Waals surface area contributed by atoms with E-state index in [1.54, 1.807) is 24.0 Å². The second-order valence-electron chi connectivity index (χ2n) is 3.61. The molecule has 0 amide bonds. The molecule has 0 aliphatic heterocycles. The van der Waals surface area contributed by atoms with E-state index in [9.17, 15) is 9.18 Å². The summed E-state index contributed by atoms with van der Waals surface area (Å²) < 4.78 is 17.7. The average Bonchev–Trinajstić information content (AvgIpc) is 2.36. The third-order valence-corrected chi connectivity index (χ3v) is 2.31. The summed E-state index contributed by atoms with van der Waals surface area (Å²) in [4.78, 5) is 13.1. The number of anilines is 1. The van der Waals surface area contributed by atoms with Crippen LogP contribution in [0, 0.1) is 17.1 Å². The summed E-state index contributed by atoms with van der Waals surface area (Å²) in [6.07, 6.45) is 0.288. The van der Waals surface area contributed by atoms with Gasteiger partial charge in [0.25, 0.3) is 0 Å². The van der Waals surface area contributed by atoms with Gasteiger partial charge < -0.3 is 9.64 Å². The molecular weight excluding hydrogens is 235 g/mol. The van der Waals surface area contributed by atoms with Gasteiger partial charge in [-0.05, 0) is 31.2 Å². The van der Waals surface area contributed by atoms with Gasteiger partial charge in [-0.1, -0.05) is 0 Å². The van der Waals surface area contributed by atoms with Crippen LogP contribution in [0.1, 0.15) is 13.3 Å². The minimum atomic E-state index is -0.361. The van der Waals surface area contributed by atoms with Crippen LogP contribution in [-0.4, -0.2) is 25.7 Å². The third kappa shape index (κ3) is 4.42. The molecule has 0 spiro atoms. The summed E-state index contributed by atoms with van der Waals surface area (Å²) in [5, 5.41) is 8.59. The number of ether oxygens (including phenoxy) is 1. The van der Waals surface area contributed by atoms with Crippen molar-refractivity contribution in [2.75, 3.05) is 24.6 Å². The van der Waals surface area contributed by atoms with Gasteiger partial charge in [0.2, 0.25) is 0 Å². The number of nitrogens with zero attached hydrogens (tertiary/aromatic N) is 2.